The number of aryl methyl sites for hydroxylation is 3. The molecule has 5 heteroatoms. The molecule has 3 aromatic rings. The average molecular weight is 357 g/mol. The Labute approximate surface area is 148 Å². The third kappa shape index (κ3) is 2.98. The van der Waals surface area contributed by atoms with Crippen molar-refractivity contribution in [1.29, 1.82) is 0 Å². The molecule has 1 N–H and O–H groups in total. The summed E-state index contributed by atoms with van der Waals surface area (Å²) in [6.07, 6.45) is 1.56. The van der Waals surface area contributed by atoms with Crippen LogP contribution in [0.4, 0.5) is 0 Å². The van der Waals surface area contributed by atoms with Crippen LogP contribution in [-0.4, -0.2) is 17.5 Å². The maximum atomic E-state index is 13.3. The molecule has 0 fully saturated rings. The normalized spacial score (nSPS) is 13.3. The van der Waals surface area contributed by atoms with Gasteiger partial charge in [0.25, 0.3) is 10.0 Å². The second-order valence-electron chi connectivity index (χ2n) is 6.59. The molecule has 1 unspecified atom stereocenters. The van der Waals surface area contributed by atoms with Crippen LogP contribution in [0.25, 0.3) is 10.9 Å². The highest BCUT2D eigenvalue weighted by molar-refractivity contribution is 7.90. The third-order valence-corrected chi connectivity index (χ3v) is 6.57. The second-order valence-corrected chi connectivity index (χ2v) is 8.34. The van der Waals surface area contributed by atoms with Crippen molar-refractivity contribution in [2.75, 3.05) is 0 Å². The van der Waals surface area contributed by atoms with Crippen molar-refractivity contribution in [3.05, 3.63) is 64.8 Å². The number of aliphatic hydroxyl groups excluding tert-OH is 1. The van der Waals surface area contributed by atoms with Crippen molar-refractivity contribution in [3.63, 3.8) is 0 Å². The van der Waals surface area contributed by atoms with Crippen LogP contribution in [0.1, 0.15) is 41.7 Å². The molecule has 1 heterocycles. The van der Waals surface area contributed by atoms with Crippen LogP contribution >= 0.6 is 0 Å². The molecule has 0 aliphatic rings. The van der Waals surface area contributed by atoms with Crippen LogP contribution in [0.5, 0.6) is 0 Å². The summed E-state index contributed by atoms with van der Waals surface area (Å²) in [5, 5.41) is 10.9. The Balaban J connectivity index is 2.25. The van der Waals surface area contributed by atoms with Crippen LogP contribution < -0.4 is 0 Å². The molecule has 0 saturated heterocycles. The third-order valence-electron chi connectivity index (χ3n) is 4.57. The maximum absolute atomic E-state index is 13.3. The van der Waals surface area contributed by atoms with Crippen molar-refractivity contribution < 1.29 is 13.5 Å². The fraction of sp³-hybridized carbons (Fsp3) is 0.300. The first-order valence-electron chi connectivity index (χ1n) is 8.38. The van der Waals surface area contributed by atoms with Crippen molar-refractivity contribution in [2.24, 2.45) is 0 Å². The molecule has 1 aromatic heterocycles. The molecule has 0 amide bonds. The molecular formula is C20H23NO3S. The fourth-order valence-corrected chi connectivity index (χ4v) is 5.21. The molecule has 0 radical (unpaired) electrons. The molecule has 0 saturated carbocycles. The van der Waals surface area contributed by atoms with Crippen LogP contribution in [-0.2, 0) is 10.0 Å². The minimum atomic E-state index is -3.71. The van der Waals surface area contributed by atoms with E-state index in [0.717, 1.165) is 27.6 Å². The van der Waals surface area contributed by atoms with Gasteiger partial charge in [0.2, 0.25) is 0 Å². The number of benzene rings is 2. The van der Waals surface area contributed by atoms with Gasteiger partial charge in [0, 0.05) is 11.6 Å². The summed E-state index contributed by atoms with van der Waals surface area (Å²) in [6.45, 7) is 7.50. The van der Waals surface area contributed by atoms with Crippen molar-refractivity contribution in [2.45, 2.75) is 45.1 Å². The lowest BCUT2D eigenvalue weighted by molar-refractivity contribution is 0.174. The Morgan fingerprint density at radius 2 is 1.68 bits per heavy atom. The SMILES string of the molecule is CCC(O)c1ccc2ccn(S(=O)(=O)c3c(C)cc(C)cc3C)c2c1. The van der Waals surface area contributed by atoms with Gasteiger partial charge >= 0.3 is 0 Å². The Morgan fingerprint density at radius 1 is 1.04 bits per heavy atom. The fourth-order valence-electron chi connectivity index (χ4n) is 3.45. The van der Waals surface area contributed by atoms with E-state index in [-0.39, 0.29) is 0 Å². The molecule has 3 rings (SSSR count). The van der Waals surface area contributed by atoms with Gasteiger partial charge in [-0.05, 0) is 56.0 Å². The van der Waals surface area contributed by atoms with Crippen LogP contribution in [0, 0.1) is 20.8 Å². The van der Waals surface area contributed by atoms with Gasteiger partial charge in [-0.1, -0.05) is 36.8 Å². The van der Waals surface area contributed by atoms with Gasteiger partial charge in [-0.15, -0.1) is 0 Å². The van der Waals surface area contributed by atoms with E-state index < -0.39 is 16.1 Å². The number of nitrogens with zero attached hydrogens (tertiary/aromatic N) is 1. The van der Waals surface area contributed by atoms with Gasteiger partial charge in [0.15, 0.2) is 0 Å². The molecule has 4 nitrogen and oxygen atoms in total. The van der Waals surface area contributed by atoms with Crippen LogP contribution in [0.3, 0.4) is 0 Å². The zero-order valence-electron chi connectivity index (χ0n) is 14.9. The van der Waals surface area contributed by atoms with Gasteiger partial charge in [-0.3, -0.25) is 0 Å². The number of rotatable bonds is 4. The highest BCUT2D eigenvalue weighted by Crippen LogP contribution is 2.29. The maximum Gasteiger partial charge on any atom is 0.268 e. The van der Waals surface area contributed by atoms with E-state index >= 15 is 0 Å². The number of hydrogen-bond donors (Lipinski definition) is 1. The molecule has 25 heavy (non-hydrogen) atoms. The van der Waals surface area contributed by atoms with E-state index in [1.807, 2.05) is 52.0 Å². The Hall–Kier alpha value is -2.11. The van der Waals surface area contributed by atoms with Crippen molar-refractivity contribution in [3.8, 4) is 0 Å². The van der Waals surface area contributed by atoms with E-state index in [1.54, 1.807) is 18.3 Å². The lowest BCUT2D eigenvalue weighted by Gasteiger charge is -2.15. The van der Waals surface area contributed by atoms with Gasteiger partial charge in [-0.2, -0.15) is 0 Å². The quantitative estimate of drug-likeness (QED) is 0.759. The minimum absolute atomic E-state index is 0.344. The first-order chi connectivity index (χ1) is 11.8. The molecule has 1 atom stereocenters. The van der Waals surface area contributed by atoms with Gasteiger partial charge < -0.3 is 5.11 Å². The summed E-state index contributed by atoms with van der Waals surface area (Å²) in [5.41, 5.74) is 3.83. The molecular weight excluding hydrogens is 334 g/mol. The number of hydrogen-bond acceptors (Lipinski definition) is 3. The Bertz CT molecular complexity index is 1020. The standard InChI is InChI=1S/C20H23NO3S/c1-5-19(22)17-7-6-16-8-9-21(18(16)12-17)25(23,24)20-14(3)10-13(2)11-15(20)4/h6-12,19,22H,5H2,1-4H3. The second kappa shape index (κ2) is 6.32. The molecule has 132 valence electrons. The smallest absolute Gasteiger partial charge is 0.268 e. The van der Waals surface area contributed by atoms with Crippen LogP contribution in [0.2, 0.25) is 0 Å². The monoisotopic (exact) mass is 357 g/mol. The number of aromatic nitrogens is 1. The minimum Gasteiger partial charge on any atom is -0.388 e. The largest absolute Gasteiger partial charge is 0.388 e. The predicted octanol–water partition coefficient (Wildman–Crippen LogP) is 4.25. The molecule has 0 spiro atoms. The van der Waals surface area contributed by atoms with E-state index in [9.17, 15) is 13.5 Å². The first-order valence-corrected chi connectivity index (χ1v) is 9.82. The van der Waals surface area contributed by atoms with E-state index in [4.69, 9.17) is 0 Å². The highest BCUT2D eigenvalue weighted by atomic mass is 32.2. The molecule has 0 bridgehead atoms. The van der Waals surface area contributed by atoms with Crippen molar-refractivity contribution >= 4 is 20.9 Å². The van der Waals surface area contributed by atoms with Gasteiger partial charge in [-0.25, -0.2) is 12.4 Å². The summed E-state index contributed by atoms with van der Waals surface area (Å²) in [7, 11) is -3.71. The lowest BCUT2D eigenvalue weighted by atomic mass is 10.1. The molecule has 2 aromatic carbocycles. The number of aliphatic hydroxyl groups is 1. The summed E-state index contributed by atoms with van der Waals surface area (Å²) in [4.78, 5) is 0.344. The van der Waals surface area contributed by atoms with Crippen molar-refractivity contribution in [1.82, 2.24) is 3.97 Å². The first kappa shape index (κ1) is 17.7. The van der Waals surface area contributed by atoms with Crippen LogP contribution in [0.15, 0.2) is 47.5 Å². The zero-order chi connectivity index (χ0) is 18.4. The highest BCUT2D eigenvalue weighted by Gasteiger charge is 2.23. The predicted molar refractivity (Wildman–Crippen MR) is 100 cm³/mol. The van der Waals surface area contributed by atoms with E-state index in [1.165, 1.54) is 3.97 Å². The summed E-state index contributed by atoms with van der Waals surface area (Å²) >= 11 is 0. The summed E-state index contributed by atoms with van der Waals surface area (Å²) in [5.74, 6) is 0. The van der Waals surface area contributed by atoms with Gasteiger partial charge in [0.05, 0.1) is 16.5 Å². The lowest BCUT2D eigenvalue weighted by Crippen LogP contribution is -2.15. The molecule has 0 aliphatic heterocycles. The Morgan fingerprint density at radius 3 is 2.28 bits per heavy atom. The summed E-state index contributed by atoms with van der Waals surface area (Å²) in [6, 6.07) is 11.0. The van der Waals surface area contributed by atoms with E-state index in [2.05, 4.69) is 0 Å². The Kier molecular flexibility index (Phi) is 4.47. The average Bonchev–Trinajstić information content (AvgIpc) is 2.96. The summed E-state index contributed by atoms with van der Waals surface area (Å²) < 4.78 is 27.9. The number of fused-ring (bicyclic) bond motifs is 1. The molecule has 0 aliphatic carbocycles. The zero-order valence-corrected chi connectivity index (χ0v) is 15.8. The topological polar surface area (TPSA) is 59.3 Å². The van der Waals surface area contributed by atoms with E-state index in [0.29, 0.717) is 16.8 Å². The van der Waals surface area contributed by atoms with Gasteiger partial charge in [0.1, 0.15) is 0 Å².